The van der Waals surface area contributed by atoms with Crippen molar-refractivity contribution in [2.24, 2.45) is 0 Å². The topological polar surface area (TPSA) is 24.7 Å². The maximum Gasteiger partial charge on any atom is 0.187 e. The molecule has 0 aliphatic carbocycles. The minimum Gasteiger partial charge on any atom is -0.294 e. The van der Waals surface area contributed by atoms with E-state index in [1.807, 2.05) is 36.4 Å². The molecule has 1 aliphatic heterocycles. The van der Waals surface area contributed by atoms with Crippen molar-refractivity contribution in [2.45, 2.75) is 25.9 Å². The summed E-state index contributed by atoms with van der Waals surface area (Å²) in [5.74, 6) is 0.0955. The number of benzene rings is 3. The van der Waals surface area contributed by atoms with Crippen LogP contribution < -0.4 is 0 Å². The lowest BCUT2D eigenvalue weighted by molar-refractivity contribution is 0.0992. The molecule has 0 unspecified atom stereocenters. The second kappa shape index (κ2) is 9.91. The monoisotopic (exact) mass is 436 g/mol. The summed E-state index contributed by atoms with van der Waals surface area (Å²) in [6, 6.07) is 21.3. The average molecular weight is 437 g/mol. The zero-order chi connectivity index (χ0) is 20.2. The molecule has 3 aromatic rings. The smallest absolute Gasteiger partial charge is 0.187 e. The van der Waals surface area contributed by atoms with Crippen LogP contribution >= 0.6 is 24.0 Å². The highest BCUT2D eigenvalue weighted by molar-refractivity contribution is 6.30. The van der Waals surface area contributed by atoms with Crippen molar-refractivity contribution in [3.05, 3.63) is 111 Å². The van der Waals surface area contributed by atoms with Gasteiger partial charge in [0.1, 0.15) is 0 Å². The van der Waals surface area contributed by atoms with Gasteiger partial charge in [-0.1, -0.05) is 60.1 Å². The number of hydrogen-bond donors (Lipinski definition) is 0. The van der Waals surface area contributed by atoms with E-state index >= 15 is 0 Å². The first-order valence-corrected chi connectivity index (χ1v) is 10.1. The van der Waals surface area contributed by atoms with Gasteiger partial charge >= 0.3 is 0 Å². The molecule has 5 heteroatoms. The average Bonchev–Trinajstić information content (AvgIpc) is 2.74. The molecule has 30 heavy (non-hydrogen) atoms. The lowest BCUT2D eigenvalue weighted by Crippen LogP contribution is -2.30. The highest BCUT2D eigenvalue weighted by Gasteiger charge is 2.17. The van der Waals surface area contributed by atoms with E-state index in [0.717, 1.165) is 47.8 Å². The van der Waals surface area contributed by atoms with Crippen LogP contribution in [-0.4, -0.2) is 17.2 Å². The minimum atomic E-state index is 0. The van der Waals surface area contributed by atoms with Gasteiger partial charge in [0.25, 0.3) is 0 Å². The Kier molecular flexibility index (Phi) is 7.29. The van der Waals surface area contributed by atoms with Gasteiger partial charge in [0.05, 0.1) is 6.57 Å². The van der Waals surface area contributed by atoms with Gasteiger partial charge in [-0.15, -0.1) is 12.4 Å². The molecule has 3 nitrogen and oxygen atoms in total. The first kappa shape index (κ1) is 22.1. The molecular formula is C25H22Cl2N2O. The molecule has 0 amide bonds. The normalized spacial score (nSPS) is 13.1. The maximum atomic E-state index is 12.7. The van der Waals surface area contributed by atoms with Crippen molar-refractivity contribution in [3.63, 3.8) is 0 Å². The molecule has 152 valence electrons. The van der Waals surface area contributed by atoms with Crippen molar-refractivity contribution < 1.29 is 4.79 Å². The van der Waals surface area contributed by atoms with Crippen LogP contribution in [0.1, 0.15) is 32.6 Å². The van der Waals surface area contributed by atoms with E-state index in [2.05, 4.69) is 27.9 Å². The first-order valence-electron chi connectivity index (χ1n) is 9.69. The summed E-state index contributed by atoms with van der Waals surface area (Å²) in [4.78, 5) is 18.5. The molecular weight excluding hydrogens is 415 g/mol. The molecule has 0 N–H and O–H groups in total. The fraction of sp³-hybridized carbons (Fsp3) is 0.200. The summed E-state index contributed by atoms with van der Waals surface area (Å²) in [6.45, 7) is 9.71. The molecule has 4 rings (SSSR count). The number of halogens is 2. The zero-order valence-electron chi connectivity index (χ0n) is 16.5. The lowest BCUT2D eigenvalue weighted by atomic mass is 9.98. The Balaban J connectivity index is 0.00000256. The van der Waals surface area contributed by atoms with Crippen molar-refractivity contribution in [3.8, 4) is 0 Å². The number of rotatable bonds is 5. The summed E-state index contributed by atoms with van der Waals surface area (Å²) in [7, 11) is 0. The predicted molar refractivity (Wildman–Crippen MR) is 124 cm³/mol. The number of carbonyl (C=O) groups excluding carboxylic acids is 1. The van der Waals surface area contributed by atoms with Crippen molar-refractivity contribution >= 4 is 35.5 Å². The third-order valence-corrected chi connectivity index (χ3v) is 5.58. The summed E-state index contributed by atoms with van der Waals surface area (Å²) in [5, 5.41) is 0.780. The van der Waals surface area contributed by atoms with Gasteiger partial charge in [0, 0.05) is 36.6 Å². The molecule has 0 atom stereocenters. The van der Waals surface area contributed by atoms with Crippen LogP contribution in [0.2, 0.25) is 5.02 Å². The van der Waals surface area contributed by atoms with Crippen LogP contribution in [0.15, 0.2) is 66.7 Å². The highest BCUT2D eigenvalue weighted by atomic mass is 35.5. The van der Waals surface area contributed by atoms with E-state index in [1.165, 1.54) is 11.1 Å². The number of hydrogen-bond acceptors (Lipinski definition) is 2. The molecule has 0 saturated heterocycles. The van der Waals surface area contributed by atoms with Gasteiger partial charge in [-0.2, -0.15) is 0 Å². The number of carbonyl (C=O) groups is 1. The van der Waals surface area contributed by atoms with E-state index in [1.54, 1.807) is 12.1 Å². The Bertz CT molecular complexity index is 1090. The fourth-order valence-electron chi connectivity index (χ4n) is 3.80. The van der Waals surface area contributed by atoms with Crippen molar-refractivity contribution in [1.82, 2.24) is 4.90 Å². The second-order valence-electron chi connectivity index (χ2n) is 7.45. The maximum absolute atomic E-state index is 12.7. The lowest BCUT2D eigenvalue weighted by Gasteiger charge is -2.29. The zero-order valence-corrected chi connectivity index (χ0v) is 18.0. The number of fused-ring (bicyclic) bond motifs is 1. The number of ketones is 1. The van der Waals surface area contributed by atoms with Crippen LogP contribution in [0.5, 0.6) is 0 Å². The van der Waals surface area contributed by atoms with Crippen molar-refractivity contribution in [2.75, 3.05) is 6.54 Å². The molecule has 0 fully saturated rings. The van der Waals surface area contributed by atoms with E-state index in [0.29, 0.717) is 12.1 Å². The molecule has 0 spiro atoms. The van der Waals surface area contributed by atoms with Gasteiger partial charge < -0.3 is 0 Å². The molecule has 0 aromatic heterocycles. The fourth-order valence-corrected chi connectivity index (χ4v) is 3.99. The summed E-state index contributed by atoms with van der Waals surface area (Å²) >= 11 is 6.15. The molecule has 3 aromatic carbocycles. The van der Waals surface area contributed by atoms with E-state index in [9.17, 15) is 4.79 Å². The van der Waals surface area contributed by atoms with E-state index < -0.39 is 0 Å². The Labute approximate surface area is 188 Å². The largest absolute Gasteiger partial charge is 0.294 e. The summed E-state index contributed by atoms with van der Waals surface area (Å²) < 4.78 is 0. The molecule has 1 heterocycles. The highest BCUT2D eigenvalue weighted by Crippen LogP contribution is 2.24. The van der Waals surface area contributed by atoms with Gasteiger partial charge in [-0.05, 0) is 46.9 Å². The molecule has 0 saturated carbocycles. The Morgan fingerprint density at radius 3 is 2.57 bits per heavy atom. The molecule has 0 bridgehead atoms. The van der Waals surface area contributed by atoms with Crippen molar-refractivity contribution in [1.29, 1.82) is 0 Å². The molecule has 1 aliphatic rings. The van der Waals surface area contributed by atoms with Gasteiger partial charge in [0.2, 0.25) is 0 Å². The van der Waals surface area contributed by atoms with Crippen LogP contribution in [0.4, 0.5) is 5.69 Å². The standard InChI is InChI=1S/C25H21ClN2O.ClH/c1-27-24-9-5-18(6-10-24)14-25(29)21-4-2-3-19(13-21)16-28-12-11-20-7-8-23(26)15-22(20)17-28;/h2-10,13,15H,11-12,14,16-17H2;1H. The van der Waals surface area contributed by atoms with Crippen LogP contribution in [0.3, 0.4) is 0 Å². The SMILES string of the molecule is Cl.[C-]#[N+]c1ccc(CC(=O)c2cccc(CN3CCc4ccc(Cl)cc4C3)c2)cc1. The Hall–Kier alpha value is -2.64. The third-order valence-electron chi connectivity index (χ3n) is 5.34. The Morgan fingerprint density at radius 1 is 1.00 bits per heavy atom. The number of nitrogens with zero attached hydrogens (tertiary/aromatic N) is 2. The second-order valence-corrected chi connectivity index (χ2v) is 7.89. The van der Waals surface area contributed by atoms with E-state index in [-0.39, 0.29) is 18.2 Å². The van der Waals surface area contributed by atoms with Gasteiger partial charge in [0.15, 0.2) is 11.5 Å². The van der Waals surface area contributed by atoms with E-state index in [4.69, 9.17) is 18.2 Å². The summed E-state index contributed by atoms with van der Waals surface area (Å²) in [5.41, 5.74) is 6.06. The summed E-state index contributed by atoms with van der Waals surface area (Å²) in [6.07, 6.45) is 1.36. The quantitative estimate of drug-likeness (QED) is 0.346. The van der Waals surface area contributed by atoms with Gasteiger partial charge in [-0.25, -0.2) is 4.85 Å². The first-order chi connectivity index (χ1) is 14.1. The third kappa shape index (κ3) is 5.29. The number of Topliss-reactive ketones (excluding diaryl/α,β-unsaturated/α-hetero) is 1. The predicted octanol–water partition coefficient (Wildman–Crippen LogP) is 6.30. The van der Waals surface area contributed by atoms with Gasteiger partial charge in [-0.3, -0.25) is 9.69 Å². The van der Waals surface area contributed by atoms with Crippen LogP contribution in [0.25, 0.3) is 4.85 Å². The van der Waals surface area contributed by atoms with Crippen LogP contribution in [-0.2, 0) is 25.9 Å². The Morgan fingerprint density at radius 2 is 1.80 bits per heavy atom. The minimum absolute atomic E-state index is 0. The van der Waals surface area contributed by atoms with Crippen LogP contribution in [0, 0.1) is 6.57 Å². The molecule has 0 radical (unpaired) electrons.